The van der Waals surface area contributed by atoms with Gasteiger partial charge in [-0.25, -0.2) is 8.42 Å². The minimum atomic E-state index is -3.51. The minimum absolute atomic E-state index is 0.292. The maximum absolute atomic E-state index is 12.7. The van der Waals surface area contributed by atoms with Gasteiger partial charge in [-0.1, -0.05) is 32.0 Å². The molecule has 108 valence electrons. The molecule has 2 N–H and O–H groups in total. The van der Waals surface area contributed by atoms with E-state index < -0.39 is 10.0 Å². The molecule has 2 rings (SSSR count). The maximum Gasteiger partial charge on any atom is 0.243 e. The summed E-state index contributed by atoms with van der Waals surface area (Å²) >= 11 is 0. The molecule has 0 aliphatic heterocycles. The summed E-state index contributed by atoms with van der Waals surface area (Å²) in [5.74, 6) is 0. The van der Waals surface area contributed by atoms with Crippen molar-refractivity contribution >= 4 is 26.5 Å². The molecule has 20 heavy (non-hydrogen) atoms. The van der Waals surface area contributed by atoms with Crippen molar-refractivity contribution in [1.82, 2.24) is 4.31 Å². The molecule has 2 aromatic rings. The van der Waals surface area contributed by atoms with Gasteiger partial charge in [-0.05, 0) is 30.0 Å². The molecule has 0 saturated heterocycles. The molecule has 2 aromatic carbocycles. The molecule has 0 aliphatic rings. The average Bonchev–Trinajstić information content (AvgIpc) is 2.41. The fraction of sp³-hybridized carbons (Fsp3) is 0.333. The maximum atomic E-state index is 12.7. The molecule has 0 radical (unpaired) electrons. The Balaban J connectivity index is 2.83. The number of fused-ring (bicyclic) bond motifs is 1. The highest BCUT2D eigenvalue weighted by atomic mass is 32.2. The predicted octanol–water partition coefficient (Wildman–Crippen LogP) is 2.76. The second kappa shape index (κ2) is 5.42. The van der Waals surface area contributed by atoms with E-state index in [1.807, 2.05) is 39.0 Å². The summed E-state index contributed by atoms with van der Waals surface area (Å²) in [6.07, 6.45) is 0. The number of aryl methyl sites for hydroxylation is 1. The van der Waals surface area contributed by atoms with Crippen molar-refractivity contribution in [1.29, 1.82) is 0 Å². The summed E-state index contributed by atoms with van der Waals surface area (Å²) in [7, 11) is -3.51. The zero-order valence-corrected chi connectivity index (χ0v) is 12.9. The van der Waals surface area contributed by atoms with Gasteiger partial charge in [0.05, 0.1) is 4.90 Å². The van der Waals surface area contributed by atoms with Crippen LogP contribution in [0, 0.1) is 6.92 Å². The van der Waals surface area contributed by atoms with Crippen LogP contribution in [0.5, 0.6) is 0 Å². The van der Waals surface area contributed by atoms with Crippen LogP contribution in [-0.2, 0) is 10.0 Å². The van der Waals surface area contributed by atoms with E-state index in [0.29, 0.717) is 29.1 Å². The average molecular weight is 292 g/mol. The highest BCUT2D eigenvalue weighted by Gasteiger charge is 2.24. The molecule has 0 aromatic heterocycles. The van der Waals surface area contributed by atoms with Crippen molar-refractivity contribution in [3.05, 3.63) is 35.9 Å². The minimum Gasteiger partial charge on any atom is -0.398 e. The topological polar surface area (TPSA) is 63.4 Å². The number of nitrogen functional groups attached to an aromatic ring is 1. The van der Waals surface area contributed by atoms with Crippen molar-refractivity contribution in [2.75, 3.05) is 18.8 Å². The van der Waals surface area contributed by atoms with Gasteiger partial charge >= 0.3 is 0 Å². The molecular weight excluding hydrogens is 272 g/mol. The summed E-state index contributed by atoms with van der Waals surface area (Å²) in [6.45, 7) is 6.51. The molecule has 4 nitrogen and oxygen atoms in total. The summed E-state index contributed by atoms with van der Waals surface area (Å²) < 4.78 is 26.9. The molecule has 5 heteroatoms. The number of rotatable bonds is 4. The van der Waals surface area contributed by atoms with Crippen molar-refractivity contribution in [3.8, 4) is 0 Å². The number of anilines is 1. The van der Waals surface area contributed by atoms with E-state index in [9.17, 15) is 8.42 Å². The molecule has 0 unspecified atom stereocenters. The monoisotopic (exact) mass is 292 g/mol. The van der Waals surface area contributed by atoms with Gasteiger partial charge in [0.1, 0.15) is 0 Å². The highest BCUT2D eigenvalue weighted by Crippen LogP contribution is 2.32. The second-order valence-electron chi connectivity index (χ2n) is 4.74. The first kappa shape index (κ1) is 14.8. The molecule has 0 atom stereocenters. The lowest BCUT2D eigenvalue weighted by Crippen LogP contribution is -2.30. The van der Waals surface area contributed by atoms with E-state index in [1.54, 1.807) is 12.1 Å². The van der Waals surface area contributed by atoms with Crippen LogP contribution < -0.4 is 5.73 Å². The van der Waals surface area contributed by atoms with Crippen LogP contribution in [0.2, 0.25) is 0 Å². The van der Waals surface area contributed by atoms with Gasteiger partial charge in [0.25, 0.3) is 0 Å². The van der Waals surface area contributed by atoms with E-state index in [2.05, 4.69) is 0 Å². The first-order valence-corrected chi connectivity index (χ1v) is 8.15. The Morgan fingerprint density at radius 3 is 2.35 bits per heavy atom. The predicted molar refractivity (Wildman–Crippen MR) is 83.2 cm³/mol. The summed E-state index contributed by atoms with van der Waals surface area (Å²) in [5.41, 5.74) is 7.54. The zero-order chi connectivity index (χ0) is 14.9. The molecule has 0 heterocycles. The third-order valence-electron chi connectivity index (χ3n) is 3.58. The molecule has 0 saturated carbocycles. The number of hydrogen-bond acceptors (Lipinski definition) is 3. The van der Waals surface area contributed by atoms with E-state index in [-0.39, 0.29) is 0 Å². The highest BCUT2D eigenvalue weighted by molar-refractivity contribution is 7.89. The van der Waals surface area contributed by atoms with E-state index >= 15 is 0 Å². The molecule has 0 bridgehead atoms. The Hall–Kier alpha value is -1.59. The van der Waals surface area contributed by atoms with Crippen LogP contribution in [-0.4, -0.2) is 25.8 Å². The number of nitrogens with zero attached hydrogens (tertiary/aromatic N) is 1. The second-order valence-corrected chi connectivity index (χ2v) is 6.65. The van der Waals surface area contributed by atoms with Crippen LogP contribution in [0.15, 0.2) is 35.2 Å². The Labute approximate surface area is 120 Å². The fourth-order valence-corrected chi connectivity index (χ4v) is 4.15. The SMILES string of the molecule is CCN(CC)S(=O)(=O)c1ccc(C)c2cccc(N)c12. The molecule has 0 fully saturated rings. The molecule has 0 spiro atoms. The van der Waals surface area contributed by atoms with E-state index in [4.69, 9.17) is 5.73 Å². The van der Waals surface area contributed by atoms with Crippen LogP contribution >= 0.6 is 0 Å². The zero-order valence-electron chi connectivity index (χ0n) is 12.1. The lowest BCUT2D eigenvalue weighted by molar-refractivity contribution is 0.446. The van der Waals surface area contributed by atoms with Crippen LogP contribution in [0.1, 0.15) is 19.4 Å². The number of nitrogens with two attached hydrogens (primary N) is 1. The van der Waals surface area contributed by atoms with Gasteiger partial charge in [-0.2, -0.15) is 4.31 Å². The van der Waals surface area contributed by atoms with Gasteiger partial charge in [-0.3, -0.25) is 0 Å². The lowest BCUT2D eigenvalue weighted by Gasteiger charge is -2.20. The summed E-state index contributed by atoms with van der Waals surface area (Å²) in [6, 6.07) is 8.98. The van der Waals surface area contributed by atoms with Crippen LogP contribution in [0.4, 0.5) is 5.69 Å². The Bertz CT molecular complexity index is 735. The standard InChI is InChI=1S/C15H20N2O2S/c1-4-17(5-2)20(18,19)14-10-9-11(3)12-7-6-8-13(16)15(12)14/h6-10H,4-5,16H2,1-3H3. The van der Waals surface area contributed by atoms with Crippen molar-refractivity contribution < 1.29 is 8.42 Å². The largest absolute Gasteiger partial charge is 0.398 e. The van der Waals surface area contributed by atoms with Gasteiger partial charge in [0.2, 0.25) is 10.0 Å². The van der Waals surface area contributed by atoms with Gasteiger partial charge in [0.15, 0.2) is 0 Å². The third-order valence-corrected chi connectivity index (χ3v) is 5.67. The number of benzene rings is 2. The fourth-order valence-electron chi connectivity index (χ4n) is 2.47. The van der Waals surface area contributed by atoms with Crippen molar-refractivity contribution in [2.45, 2.75) is 25.7 Å². The van der Waals surface area contributed by atoms with Crippen molar-refractivity contribution in [3.63, 3.8) is 0 Å². The first-order chi connectivity index (χ1) is 9.43. The van der Waals surface area contributed by atoms with Crippen LogP contribution in [0.25, 0.3) is 10.8 Å². The van der Waals surface area contributed by atoms with Gasteiger partial charge in [0, 0.05) is 24.2 Å². The smallest absolute Gasteiger partial charge is 0.243 e. The number of hydrogen-bond donors (Lipinski definition) is 1. The quantitative estimate of drug-likeness (QED) is 0.881. The summed E-state index contributed by atoms with van der Waals surface area (Å²) in [5, 5.41) is 1.51. The molecular formula is C15H20N2O2S. The molecule has 0 amide bonds. The first-order valence-electron chi connectivity index (χ1n) is 6.71. The molecule has 0 aliphatic carbocycles. The van der Waals surface area contributed by atoms with Gasteiger partial charge < -0.3 is 5.73 Å². The Morgan fingerprint density at radius 1 is 1.10 bits per heavy atom. The lowest BCUT2D eigenvalue weighted by atomic mass is 10.0. The normalized spacial score (nSPS) is 12.2. The van der Waals surface area contributed by atoms with Crippen LogP contribution in [0.3, 0.4) is 0 Å². The Kier molecular flexibility index (Phi) is 4.01. The third kappa shape index (κ3) is 2.27. The van der Waals surface area contributed by atoms with E-state index in [0.717, 1.165) is 10.9 Å². The Morgan fingerprint density at radius 2 is 1.75 bits per heavy atom. The van der Waals surface area contributed by atoms with E-state index in [1.165, 1.54) is 4.31 Å². The van der Waals surface area contributed by atoms with Gasteiger partial charge in [-0.15, -0.1) is 0 Å². The van der Waals surface area contributed by atoms with Crippen molar-refractivity contribution in [2.24, 2.45) is 0 Å². The number of sulfonamides is 1. The summed E-state index contributed by atoms with van der Waals surface area (Å²) in [4.78, 5) is 0.292.